The molecule has 4 nitrogen and oxygen atoms in total. The lowest BCUT2D eigenvalue weighted by Gasteiger charge is -2.52. The molecule has 4 heterocycles. The smallest absolute Gasteiger partial charge is 0.0602 e. The third-order valence-electron chi connectivity index (χ3n) is 7.12. The van der Waals surface area contributed by atoms with Crippen LogP contribution in [0.1, 0.15) is 51.4 Å². The van der Waals surface area contributed by atoms with Gasteiger partial charge in [-0.05, 0) is 101 Å². The highest BCUT2D eigenvalue weighted by atomic mass is 15.3. The van der Waals surface area contributed by atoms with E-state index in [9.17, 15) is 0 Å². The Hall–Kier alpha value is -0.160. The standard InChI is InChI=1S/C18H34N4/c1-2-18(5-10-20-11-6-18)15-22(13-1)16-14-17(7-12-21-16)3-8-19-9-4-17/h16,19-21H,1-15H2. The van der Waals surface area contributed by atoms with Gasteiger partial charge < -0.3 is 16.0 Å². The van der Waals surface area contributed by atoms with E-state index >= 15 is 0 Å². The third kappa shape index (κ3) is 3.08. The molecule has 4 aliphatic rings. The third-order valence-corrected chi connectivity index (χ3v) is 7.12. The molecule has 0 aromatic carbocycles. The van der Waals surface area contributed by atoms with Crippen molar-refractivity contribution in [1.29, 1.82) is 0 Å². The van der Waals surface area contributed by atoms with Gasteiger partial charge in [0.05, 0.1) is 6.17 Å². The van der Waals surface area contributed by atoms with Crippen LogP contribution in [0.3, 0.4) is 0 Å². The summed E-state index contributed by atoms with van der Waals surface area (Å²) in [6.45, 7) is 8.85. The molecule has 1 unspecified atom stereocenters. The lowest BCUT2D eigenvalue weighted by molar-refractivity contribution is -0.0168. The first-order valence-electron chi connectivity index (χ1n) is 9.68. The Morgan fingerprint density at radius 3 is 2.09 bits per heavy atom. The van der Waals surface area contributed by atoms with Gasteiger partial charge in [-0.1, -0.05) is 0 Å². The molecular formula is C18H34N4. The fourth-order valence-electron chi connectivity index (χ4n) is 5.64. The highest BCUT2D eigenvalue weighted by Gasteiger charge is 2.43. The van der Waals surface area contributed by atoms with Gasteiger partial charge in [0.25, 0.3) is 0 Å². The van der Waals surface area contributed by atoms with Crippen molar-refractivity contribution >= 4 is 0 Å². The van der Waals surface area contributed by atoms with Crippen LogP contribution >= 0.6 is 0 Å². The molecular weight excluding hydrogens is 272 g/mol. The fraction of sp³-hybridized carbons (Fsp3) is 1.00. The second-order valence-electron chi connectivity index (χ2n) is 8.50. The monoisotopic (exact) mass is 306 g/mol. The van der Waals surface area contributed by atoms with Crippen molar-refractivity contribution < 1.29 is 0 Å². The fourth-order valence-corrected chi connectivity index (χ4v) is 5.64. The molecule has 126 valence electrons. The SMILES string of the molecule is C1CN(C2CC3(CCNCC3)CCN2)CC2(C1)CCNCC2. The number of nitrogens with one attached hydrogen (secondary N) is 3. The molecule has 2 spiro atoms. The molecule has 0 aromatic rings. The number of hydrogen-bond acceptors (Lipinski definition) is 4. The van der Waals surface area contributed by atoms with Crippen LogP contribution < -0.4 is 16.0 Å². The van der Waals surface area contributed by atoms with Crippen LogP contribution in [0.5, 0.6) is 0 Å². The van der Waals surface area contributed by atoms with Gasteiger partial charge in [-0.25, -0.2) is 0 Å². The number of rotatable bonds is 1. The van der Waals surface area contributed by atoms with Gasteiger partial charge in [-0.15, -0.1) is 0 Å². The molecule has 4 saturated heterocycles. The Morgan fingerprint density at radius 1 is 0.727 bits per heavy atom. The van der Waals surface area contributed by atoms with E-state index in [1.807, 2.05) is 0 Å². The molecule has 1 atom stereocenters. The molecule has 4 aliphatic heterocycles. The summed E-state index contributed by atoms with van der Waals surface area (Å²) >= 11 is 0. The van der Waals surface area contributed by atoms with Crippen molar-refractivity contribution in [3.05, 3.63) is 0 Å². The van der Waals surface area contributed by atoms with Crippen LogP contribution in [0, 0.1) is 10.8 Å². The van der Waals surface area contributed by atoms with E-state index in [-0.39, 0.29) is 0 Å². The zero-order chi connectivity index (χ0) is 14.9. The van der Waals surface area contributed by atoms with Crippen molar-refractivity contribution in [1.82, 2.24) is 20.9 Å². The number of piperidine rings is 4. The molecule has 0 amide bonds. The second-order valence-corrected chi connectivity index (χ2v) is 8.50. The Kier molecular flexibility index (Phi) is 4.46. The summed E-state index contributed by atoms with van der Waals surface area (Å²) < 4.78 is 0. The van der Waals surface area contributed by atoms with E-state index in [1.165, 1.54) is 97.2 Å². The molecule has 0 radical (unpaired) electrons. The van der Waals surface area contributed by atoms with E-state index in [0.717, 1.165) is 0 Å². The molecule has 0 bridgehead atoms. The van der Waals surface area contributed by atoms with Crippen LogP contribution in [-0.2, 0) is 0 Å². The molecule has 0 aromatic heterocycles. The van der Waals surface area contributed by atoms with Gasteiger partial charge in [0.1, 0.15) is 0 Å². The maximum absolute atomic E-state index is 3.87. The second kappa shape index (κ2) is 6.39. The van der Waals surface area contributed by atoms with Gasteiger partial charge in [0.15, 0.2) is 0 Å². The topological polar surface area (TPSA) is 39.3 Å². The lowest BCUT2D eigenvalue weighted by atomic mass is 9.69. The summed E-state index contributed by atoms with van der Waals surface area (Å²) in [7, 11) is 0. The Bertz CT molecular complexity index is 324. The van der Waals surface area contributed by atoms with Gasteiger partial charge in [-0.2, -0.15) is 0 Å². The summed E-state index contributed by atoms with van der Waals surface area (Å²) in [5.41, 5.74) is 1.27. The van der Waals surface area contributed by atoms with Crippen LogP contribution in [-0.4, -0.2) is 56.9 Å². The quantitative estimate of drug-likeness (QED) is 0.687. The summed E-state index contributed by atoms with van der Waals surface area (Å²) in [6, 6.07) is 0. The number of hydrogen-bond donors (Lipinski definition) is 3. The molecule has 4 rings (SSSR count). The van der Waals surface area contributed by atoms with Crippen molar-refractivity contribution in [2.24, 2.45) is 10.8 Å². The van der Waals surface area contributed by atoms with Crippen LogP contribution in [0.4, 0.5) is 0 Å². The highest BCUT2D eigenvalue weighted by Crippen LogP contribution is 2.43. The average Bonchev–Trinajstić information content (AvgIpc) is 2.56. The zero-order valence-corrected chi connectivity index (χ0v) is 14.1. The van der Waals surface area contributed by atoms with E-state index in [2.05, 4.69) is 20.9 Å². The molecule has 4 heteroatoms. The lowest BCUT2D eigenvalue weighted by Crippen LogP contribution is -2.59. The van der Waals surface area contributed by atoms with E-state index in [1.54, 1.807) is 0 Å². The average molecular weight is 306 g/mol. The van der Waals surface area contributed by atoms with Crippen molar-refractivity contribution in [2.45, 2.75) is 57.5 Å². The normalized spacial score (nSPS) is 35.7. The van der Waals surface area contributed by atoms with Crippen LogP contribution in [0.25, 0.3) is 0 Å². The minimum Gasteiger partial charge on any atom is -0.317 e. The van der Waals surface area contributed by atoms with E-state index in [0.29, 0.717) is 17.0 Å². The van der Waals surface area contributed by atoms with Gasteiger partial charge in [0.2, 0.25) is 0 Å². The van der Waals surface area contributed by atoms with Crippen molar-refractivity contribution in [2.75, 3.05) is 45.8 Å². The Balaban J connectivity index is 1.42. The largest absolute Gasteiger partial charge is 0.317 e. The maximum Gasteiger partial charge on any atom is 0.0602 e. The summed E-state index contributed by atoms with van der Waals surface area (Å²) in [6.07, 6.45) is 11.9. The predicted octanol–water partition coefficient (Wildman–Crippen LogP) is 1.53. The molecule has 0 aliphatic carbocycles. The summed E-state index contributed by atoms with van der Waals surface area (Å²) in [5.74, 6) is 0. The van der Waals surface area contributed by atoms with Crippen LogP contribution in [0.15, 0.2) is 0 Å². The number of nitrogens with zero attached hydrogens (tertiary/aromatic N) is 1. The van der Waals surface area contributed by atoms with E-state index in [4.69, 9.17) is 0 Å². The minimum absolute atomic E-state index is 0.629. The minimum atomic E-state index is 0.629. The van der Waals surface area contributed by atoms with Crippen molar-refractivity contribution in [3.63, 3.8) is 0 Å². The molecule has 4 fully saturated rings. The van der Waals surface area contributed by atoms with Gasteiger partial charge in [-0.3, -0.25) is 4.90 Å². The summed E-state index contributed by atoms with van der Waals surface area (Å²) in [4.78, 5) is 2.83. The molecule has 3 N–H and O–H groups in total. The molecule has 0 saturated carbocycles. The highest BCUT2D eigenvalue weighted by molar-refractivity contribution is 4.97. The maximum atomic E-state index is 3.87. The van der Waals surface area contributed by atoms with Gasteiger partial charge >= 0.3 is 0 Å². The van der Waals surface area contributed by atoms with E-state index < -0.39 is 0 Å². The number of likely N-dealkylation sites (tertiary alicyclic amines) is 1. The Morgan fingerprint density at radius 2 is 1.36 bits per heavy atom. The van der Waals surface area contributed by atoms with Crippen LogP contribution in [0.2, 0.25) is 0 Å². The zero-order valence-electron chi connectivity index (χ0n) is 14.1. The van der Waals surface area contributed by atoms with Gasteiger partial charge in [0, 0.05) is 6.54 Å². The Labute approximate surface area is 135 Å². The first-order valence-corrected chi connectivity index (χ1v) is 9.68. The molecule has 22 heavy (non-hydrogen) atoms. The first-order chi connectivity index (χ1) is 10.8. The first kappa shape index (κ1) is 15.4. The van der Waals surface area contributed by atoms with Crippen molar-refractivity contribution in [3.8, 4) is 0 Å². The predicted molar refractivity (Wildman–Crippen MR) is 90.9 cm³/mol. The summed E-state index contributed by atoms with van der Waals surface area (Å²) in [5, 5.41) is 11.0.